The number of phenolic OH excluding ortho intramolecular Hbond substituents is 1. The van der Waals surface area contributed by atoms with Crippen molar-refractivity contribution in [2.45, 2.75) is 46.1 Å². The Morgan fingerprint density at radius 2 is 1.74 bits per heavy atom. The van der Waals surface area contributed by atoms with E-state index >= 15 is 0 Å². The maximum absolute atomic E-state index is 9.75. The summed E-state index contributed by atoms with van der Waals surface area (Å²) in [4.78, 5) is 0. The Hall–Kier alpha value is -1.06. The highest BCUT2D eigenvalue weighted by Crippen LogP contribution is 2.37. The van der Waals surface area contributed by atoms with E-state index in [1.54, 1.807) is 0 Å². The lowest BCUT2D eigenvalue weighted by atomic mass is 9.87. The molecule has 3 N–H and O–H groups in total. The van der Waals surface area contributed by atoms with Crippen LogP contribution in [0, 0.1) is 19.3 Å². The van der Waals surface area contributed by atoms with E-state index in [2.05, 4.69) is 5.32 Å². The molecular formula is C16H25NO2. The number of phenols is 1. The van der Waals surface area contributed by atoms with Crippen LogP contribution in [-0.4, -0.2) is 23.4 Å². The zero-order valence-corrected chi connectivity index (χ0v) is 12.0. The van der Waals surface area contributed by atoms with Crippen LogP contribution in [0.1, 0.15) is 42.4 Å². The second kappa shape index (κ2) is 5.93. The molecule has 0 atom stereocenters. The predicted molar refractivity (Wildman–Crippen MR) is 77.3 cm³/mol. The van der Waals surface area contributed by atoms with E-state index in [4.69, 9.17) is 0 Å². The molecule has 1 aliphatic carbocycles. The van der Waals surface area contributed by atoms with Gasteiger partial charge >= 0.3 is 0 Å². The molecule has 1 aromatic carbocycles. The second-order valence-electron chi connectivity index (χ2n) is 6.05. The summed E-state index contributed by atoms with van der Waals surface area (Å²) in [5.41, 5.74) is 3.14. The Morgan fingerprint density at radius 3 is 2.26 bits per heavy atom. The highest BCUT2D eigenvalue weighted by Gasteiger charge is 2.32. The third kappa shape index (κ3) is 3.28. The first-order chi connectivity index (χ1) is 9.06. The molecule has 0 bridgehead atoms. The van der Waals surface area contributed by atoms with Gasteiger partial charge in [-0.2, -0.15) is 0 Å². The van der Waals surface area contributed by atoms with Crippen molar-refractivity contribution in [3.05, 3.63) is 28.8 Å². The third-order valence-electron chi connectivity index (χ3n) is 4.38. The van der Waals surface area contributed by atoms with Gasteiger partial charge in [-0.1, -0.05) is 25.0 Å². The fourth-order valence-electron chi connectivity index (χ4n) is 3.14. The van der Waals surface area contributed by atoms with Crippen LogP contribution in [-0.2, 0) is 6.54 Å². The Balaban J connectivity index is 1.92. The number of hydrogen-bond acceptors (Lipinski definition) is 3. The maximum atomic E-state index is 9.75. The van der Waals surface area contributed by atoms with Gasteiger partial charge in [0, 0.05) is 25.1 Å². The van der Waals surface area contributed by atoms with Gasteiger partial charge in [0.25, 0.3) is 0 Å². The minimum absolute atomic E-state index is 0.0982. The lowest BCUT2D eigenvalue weighted by molar-refractivity contribution is 0.128. The van der Waals surface area contributed by atoms with Crippen molar-refractivity contribution in [2.24, 2.45) is 5.41 Å². The van der Waals surface area contributed by atoms with Gasteiger partial charge in [-0.15, -0.1) is 0 Å². The maximum Gasteiger partial charge on any atom is 0.121 e. The summed E-state index contributed by atoms with van der Waals surface area (Å²) >= 11 is 0. The van der Waals surface area contributed by atoms with Crippen molar-refractivity contribution in [1.29, 1.82) is 0 Å². The molecule has 0 aliphatic heterocycles. The van der Waals surface area contributed by atoms with Gasteiger partial charge < -0.3 is 15.5 Å². The van der Waals surface area contributed by atoms with Gasteiger partial charge in [0.1, 0.15) is 5.75 Å². The van der Waals surface area contributed by atoms with E-state index in [9.17, 15) is 10.2 Å². The summed E-state index contributed by atoms with van der Waals surface area (Å²) in [7, 11) is 0. The van der Waals surface area contributed by atoms with Crippen molar-refractivity contribution < 1.29 is 10.2 Å². The fourth-order valence-corrected chi connectivity index (χ4v) is 3.14. The Morgan fingerprint density at radius 1 is 1.16 bits per heavy atom. The number of aromatic hydroxyl groups is 1. The molecule has 106 valence electrons. The fraction of sp³-hybridized carbons (Fsp3) is 0.625. The monoisotopic (exact) mass is 263 g/mol. The lowest BCUT2D eigenvalue weighted by Crippen LogP contribution is -2.34. The summed E-state index contributed by atoms with van der Waals surface area (Å²) in [6.07, 6.45) is 4.73. The van der Waals surface area contributed by atoms with E-state index in [0.717, 1.165) is 37.1 Å². The van der Waals surface area contributed by atoms with Crippen LogP contribution in [0.5, 0.6) is 5.75 Å². The molecule has 0 unspecified atom stereocenters. The Kier molecular flexibility index (Phi) is 4.48. The SMILES string of the molecule is Cc1cc(CNCC2(CO)CCCC2)cc(C)c1O. The average molecular weight is 263 g/mol. The number of aryl methyl sites for hydroxylation is 2. The number of benzene rings is 1. The van der Waals surface area contributed by atoms with Gasteiger partial charge in [0.2, 0.25) is 0 Å². The molecule has 1 aliphatic rings. The Labute approximate surface area is 115 Å². The van der Waals surface area contributed by atoms with Crippen molar-refractivity contribution in [1.82, 2.24) is 5.32 Å². The van der Waals surface area contributed by atoms with Gasteiger partial charge in [-0.05, 0) is 43.4 Å². The number of hydrogen-bond donors (Lipinski definition) is 3. The molecule has 0 amide bonds. The smallest absolute Gasteiger partial charge is 0.121 e. The molecule has 0 spiro atoms. The van der Waals surface area contributed by atoms with Crippen molar-refractivity contribution in [3.8, 4) is 5.75 Å². The Bertz CT molecular complexity index is 413. The van der Waals surface area contributed by atoms with Gasteiger partial charge in [-0.3, -0.25) is 0 Å². The van der Waals surface area contributed by atoms with Crippen LogP contribution in [0.25, 0.3) is 0 Å². The first kappa shape index (κ1) is 14.4. The standard InChI is InChI=1S/C16H25NO2/c1-12-7-14(8-13(2)15(12)19)9-17-10-16(11-18)5-3-4-6-16/h7-8,17-19H,3-6,9-11H2,1-2H3. The summed E-state index contributed by atoms with van der Waals surface area (Å²) < 4.78 is 0. The molecule has 2 rings (SSSR count). The van der Waals surface area contributed by atoms with E-state index in [-0.39, 0.29) is 12.0 Å². The quantitative estimate of drug-likeness (QED) is 0.765. The van der Waals surface area contributed by atoms with Crippen molar-refractivity contribution in [3.63, 3.8) is 0 Å². The number of aliphatic hydroxyl groups excluding tert-OH is 1. The van der Waals surface area contributed by atoms with E-state index in [1.807, 2.05) is 26.0 Å². The normalized spacial score (nSPS) is 17.8. The van der Waals surface area contributed by atoms with E-state index in [1.165, 1.54) is 18.4 Å². The highest BCUT2D eigenvalue weighted by molar-refractivity contribution is 5.42. The summed E-state index contributed by atoms with van der Waals surface area (Å²) in [6, 6.07) is 4.05. The molecule has 0 heterocycles. The summed E-state index contributed by atoms with van der Waals surface area (Å²) in [5.74, 6) is 0.395. The molecule has 1 saturated carbocycles. The van der Waals surface area contributed by atoms with Crippen LogP contribution >= 0.6 is 0 Å². The zero-order chi connectivity index (χ0) is 13.9. The van der Waals surface area contributed by atoms with Gasteiger partial charge in [-0.25, -0.2) is 0 Å². The molecule has 3 heteroatoms. The molecule has 3 nitrogen and oxygen atoms in total. The highest BCUT2D eigenvalue weighted by atomic mass is 16.3. The topological polar surface area (TPSA) is 52.5 Å². The van der Waals surface area contributed by atoms with E-state index in [0.29, 0.717) is 5.75 Å². The molecule has 1 aromatic rings. The van der Waals surface area contributed by atoms with Gasteiger partial charge in [0.15, 0.2) is 0 Å². The van der Waals surface area contributed by atoms with Crippen LogP contribution in [0.3, 0.4) is 0 Å². The molecule has 0 aromatic heterocycles. The van der Waals surface area contributed by atoms with Crippen LogP contribution < -0.4 is 5.32 Å². The van der Waals surface area contributed by atoms with Crippen molar-refractivity contribution >= 4 is 0 Å². The van der Waals surface area contributed by atoms with Crippen LogP contribution in [0.2, 0.25) is 0 Å². The molecule has 19 heavy (non-hydrogen) atoms. The zero-order valence-electron chi connectivity index (χ0n) is 12.0. The molecule has 0 saturated heterocycles. The van der Waals surface area contributed by atoms with Crippen LogP contribution in [0.4, 0.5) is 0 Å². The minimum atomic E-state index is 0.0982. The van der Waals surface area contributed by atoms with Crippen LogP contribution in [0.15, 0.2) is 12.1 Å². The number of nitrogens with one attached hydrogen (secondary N) is 1. The summed E-state index contributed by atoms with van der Waals surface area (Å²) in [5, 5.41) is 22.8. The predicted octanol–water partition coefficient (Wildman–Crippen LogP) is 2.65. The van der Waals surface area contributed by atoms with Gasteiger partial charge in [0.05, 0.1) is 0 Å². The minimum Gasteiger partial charge on any atom is -0.507 e. The number of aliphatic hydroxyl groups is 1. The first-order valence-electron chi connectivity index (χ1n) is 7.17. The second-order valence-corrected chi connectivity index (χ2v) is 6.05. The average Bonchev–Trinajstić information content (AvgIpc) is 2.85. The van der Waals surface area contributed by atoms with E-state index < -0.39 is 0 Å². The largest absolute Gasteiger partial charge is 0.507 e. The number of rotatable bonds is 5. The lowest BCUT2D eigenvalue weighted by Gasteiger charge is -2.26. The summed E-state index contributed by atoms with van der Waals surface area (Å²) in [6.45, 7) is 5.82. The molecular weight excluding hydrogens is 238 g/mol. The molecule has 1 fully saturated rings. The first-order valence-corrected chi connectivity index (χ1v) is 7.17. The van der Waals surface area contributed by atoms with Crippen molar-refractivity contribution in [2.75, 3.05) is 13.2 Å². The third-order valence-corrected chi connectivity index (χ3v) is 4.38. The molecule has 0 radical (unpaired) electrons.